The Labute approximate surface area is 127 Å². The average molecular weight is 300 g/mol. The zero-order valence-electron chi connectivity index (χ0n) is 12.0. The molecule has 2 aliphatic heterocycles. The lowest BCUT2D eigenvalue weighted by molar-refractivity contribution is -0.125. The highest BCUT2D eigenvalue weighted by atomic mass is 16.5. The summed E-state index contributed by atoms with van der Waals surface area (Å²) in [7, 11) is 0. The van der Waals surface area contributed by atoms with Gasteiger partial charge >= 0.3 is 0 Å². The molecule has 0 saturated carbocycles. The molecule has 3 heterocycles. The molecule has 1 aromatic heterocycles. The summed E-state index contributed by atoms with van der Waals surface area (Å²) in [6, 6.07) is 9.12. The summed E-state index contributed by atoms with van der Waals surface area (Å²) in [6.45, 7) is 1.59. The molecule has 0 spiro atoms. The Balaban J connectivity index is 1.63. The van der Waals surface area contributed by atoms with E-state index in [2.05, 4.69) is 5.32 Å². The molecule has 2 amide bonds. The number of carbonyl (C=O) groups excluding carboxylic acids is 2. The van der Waals surface area contributed by atoms with Crippen molar-refractivity contribution in [2.24, 2.45) is 5.92 Å². The number of para-hydroxylation sites is 1. The van der Waals surface area contributed by atoms with Gasteiger partial charge in [-0.2, -0.15) is 0 Å². The van der Waals surface area contributed by atoms with Crippen molar-refractivity contribution in [3.05, 3.63) is 36.1 Å². The minimum atomic E-state index is -0.319. The maximum absolute atomic E-state index is 12.7. The number of rotatable bonds is 1. The van der Waals surface area contributed by atoms with E-state index < -0.39 is 0 Å². The molecule has 22 heavy (non-hydrogen) atoms. The summed E-state index contributed by atoms with van der Waals surface area (Å²) in [5.74, 6) is -0.220. The fraction of sp³-hybridized carbons (Fsp3) is 0.375. The lowest BCUT2D eigenvalue weighted by Crippen LogP contribution is -2.44. The molecule has 2 aliphatic rings. The lowest BCUT2D eigenvalue weighted by atomic mass is 10.1. The molecule has 0 unspecified atom stereocenters. The number of hydrogen-bond donors (Lipinski definition) is 1. The Kier molecular flexibility index (Phi) is 3.11. The van der Waals surface area contributed by atoms with Gasteiger partial charge < -0.3 is 19.4 Å². The summed E-state index contributed by atoms with van der Waals surface area (Å²) in [5, 5.41) is 3.82. The molecule has 2 fully saturated rings. The Morgan fingerprint density at radius 3 is 2.95 bits per heavy atom. The van der Waals surface area contributed by atoms with Gasteiger partial charge in [-0.3, -0.25) is 9.59 Å². The van der Waals surface area contributed by atoms with Crippen molar-refractivity contribution in [2.75, 3.05) is 26.3 Å². The number of fused-ring (bicyclic) bond motifs is 4. The van der Waals surface area contributed by atoms with Crippen molar-refractivity contribution in [3.63, 3.8) is 0 Å². The van der Waals surface area contributed by atoms with Gasteiger partial charge in [-0.25, -0.2) is 0 Å². The number of furan rings is 1. The van der Waals surface area contributed by atoms with Crippen molar-refractivity contribution in [3.8, 4) is 0 Å². The molecule has 114 valence electrons. The van der Waals surface area contributed by atoms with Gasteiger partial charge in [-0.15, -0.1) is 0 Å². The van der Waals surface area contributed by atoms with Crippen LogP contribution in [0, 0.1) is 5.92 Å². The Morgan fingerprint density at radius 2 is 2.09 bits per heavy atom. The average Bonchev–Trinajstić information content (AvgIpc) is 2.77. The number of ether oxygens (including phenoxy) is 1. The zero-order valence-corrected chi connectivity index (χ0v) is 12.0. The van der Waals surface area contributed by atoms with E-state index in [0.29, 0.717) is 37.6 Å². The van der Waals surface area contributed by atoms with Crippen LogP contribution in [-0.4, -0.2) is 49.1 Å². The second-order valence-electron chi connectivity index (χ2n) is 5.80. The molecule has 6 heteroatoms. The third kappa shape index (κ3) is 2.25. The predicted octanol–water partition coefficient (Wildman–Crippen LogP) is 1.02. The van der Waals surface area contributed by atoms with E-state index in [-0.39, 0.29) is 23.8 Å². The number of nitrogens with one attached hydrogen (secondary N) is 1. The highest BCUT2D eigenvalue weighted by Crippen LogP contribution is 2.22. The van der Waals surface area contributed by atoms with Crippen LogP contribution in [0.2, 0.25) is 0 Å². The Hall–Kier alpha value is -2.34. The first-order valence-corrected chi connectivity index (χ1v) is 7.36. The van der Waals surface area contributed by atoms with Crippen LogP contribution in [0.3, 0.4) is 0 Å². The maximum Gasteiger partial charge on any atom is 0.289 e. The van der Waals surface area contributed by atoms with Crippen LogP contribution in [-0.2, 0) is 9.53 Å². The molecule has 0 aliphatic carbocycles. The fourth-order valence-electron chi connectivity index (χ4n) is 3.04. The van der Waals surface area contributed by atoms with E-state index >= 15 is 0 Å². The van der Waals surface area contributed by atoms with Gasteiger partial charge in [0.1, 0.15) is 5.58 Å². The van der Waals surface area contributed by atoms with E-state index in [4.69, 9.17) is 9.15 Å². The third-order valence-electron chi connectivity index (χ3n) is 4.16. The quantitative estimate of drug-likeness (QED) is 0.853. The predicted molar refractivity (Wildman–Crippen MR) is 78.4 cm³/mol. The molecule has 4 rings (SSSR count). The first kappa shape index (κ1) is 13.3. The second kappa shape index (κ2) is 5.14. The van der Waals surface area contributed by atoms with Gasteiger partial charge in [0.2, 0.25) is 5.91 Å². The van der Waals surface area contributed by atoms with E-state index in [1.54, 1.807) is 11.0 Å². The SMILES string of the molecule is O=C1N[C@@H]2COC[C@H]1CN(C(=O)c1cc3ccccc3o1)C2. The normalized spacial score (nSPS) is 24.9. The van der Waals surface area contributed by atoms with E-state index in [0.717, 1.165) is 5.39 Å². The maximum atomic E-state index is 12.7. The lowest BCUT2D eigenvalue weighted by Gasteiger charge is -2.26. The van der Waals surface area contributed by atoms with E-state index in [1.807, 2.05) is 24.3 Å². The van der Waals surface area contributed by atoms with Crippen molar-refractivity contribution in [1.29, 1.82) is 0 Å². The minimum Gasteiger partial charge on any atom is -0.451 e. The third-order valence-corrected chi connectivity index (χ3v) is 4.16. The fourth-order valence-corrected chi connectivity index (χ4v) is 3.04. The van der Waals surface area contributed by atoms with Crippen LogP contribution in [0.4, 0.5) is 0 Å². The number of benzene rings is 1. The van der Waals surface area contributed by atoms with Crippen molar-refractivity contribution >= 4 is 22.8 Å². The van der Waals surface area contributed by atoms with Crippen LogP contribution in [0.1, 0.15) is 10.6 Å². The molecule has 6 nitrogen and oxygen atoms in total. The largest absolute Gasteiger partial charge is 0.451 e. The number of amides is 2. The second-order valence-corrected chi connectivity index (χ2v) is 5.80. The van der Waals surface area contributed by atoms with Crippen LogP contribution >= 0.6 is 0 Å². The molecule has 2 saturated heterocycles. The van der Waals surface area contributed by atoms with Crippen LogP contribution in [0.15, 0.2) is 34.7 Å². The van der Waals surface area contributed by atoms with Crippen LogP contribution in [0.25, 0.3) is 11.0 Å². The van der Waals surface area contributed by atoms with Gasteiger partial charge in [0.05, 0.1) is 25.2 Å². The number of nitrogens with zero attached hydrogens (tertiary/aromatic N) is 1. The van der Waals surface area contributed by atoms with E-state index in [9.17, 15) is 9.59 Å². The zero-order chi connectivity index (χ0) is 15.1. The molecule has 2 atom stereocenters. The Bertz CT molecular complexity index is 706. The minimum absolute atomic E-state index is 0.0394. The topological polar surface area (TPSA) is 71.8 Å². The highest BCUT2D eigenvalue weighted by Gasteiger charge is 2.36. The molecule has 0 radical (unpaired) electrons. The van der Waals surface area contributed by atoms with E-state index in [1.165, 1.54) is 0 Å². The molecule has 2 bridgehead atoms. The van der Waals surface area contributed by atoms with Crippen molar-refractivity contribution < 1.29 is 18.7 Å². The van der Waals surface area contributed by atoms with Gasteiger partial charge in [-0.05, 0) is 12.1 Å². The molecule has 1 aromatic carbocycles. The van der Waals surface area contributed by atoms with Gasteiger partial charge in [0.25, 0.3) is 5.91 Å². The summed E-state index contributed by atoms with van der Waals surface area (Å²) >= 11 is 0. The monoisotopic (exact) mass is 300 g/mol. The first-order valence-electron chi connectivity index (χ1n) is 7.36. The van der Waals surface area contributed by atoms with Crippen LogP contribution < -0.4 is 5.32 Å². The smallest absolute Gasteiger partial charge is 0.289 e. The summed E-state index contributed by atoms with van der Waals surface area (Å²) in [6.07, 6.45) is 0. The van der Waals surface area contributed by atoms with Gasteiger partial charge in [-0.1, -0.05) is 18.2 Å². The Morgan fingerprint density at radius 1 is 1.23 bits per heavy atom. The van der Waals surface area contributed by atoms with Crippen molar-refractivity contribution in [2.45, 2.75) is 6.04 Å². The molecule has 1 N–H and O–H groups in total. The standard InChI is InChI=1S/C16H16N2O4/c19-15-11-6-18(7-12(17-15)9-21-8-11)16(20)14-5-10-3-1-2-4-13(10)22-14/h1-5,11-12H,6-9H2,(H,17,19)/t11-,12+/m1/s1. The summed E-state index contributed by atoms with van der Waals surface area (Å²) < 4.78 is 11.1. The first-order chi connectivity index (χ1) is 10.7. The molecule has 2 aromatic rings. The van der Waals surface area contributed by atoms with Crippen LogP contribution in [0.5, 0.6) is 0 Å². The number of hydrogen-bond acceptors (Lipinski definition) is 4. The van der Waals surface area contributed by atoms with Crippen molar-refractivity contribution in [1.82, 2.24) is 10.2 Å². The highest BCUT2D eigenvalue weighted by molar-refractivity contribution is 5.96. The molecular weight excluding hydrogens is 284 g/mol. The van der Waals surface area contributed by atoms with Gasteiger partial charge in [0.15, 0.2) is 5.76 Å². The van der Waals surface area contributed by atoms with Gasteiger partial charge in [0, 0.05) is 18.5 Å². The summed E-state index contributed by atoms with van der Waals surface area (Å²) in [5.41, 5.74) is 0.693. The molecular formula is C16H16N2O4. The number of carbonyl (C=O) groups is 2. The summed E-state index contributed by atoms with van der Waals surface area (Å²) in [4.78, 5) is 26.4.